The van der Waals surface area contributed by atoms with E-state index in [2.05, 4.69) is 9.62 Å². The van der Waals surface area contributed by atoms with Gasteiger partial charge < -0.3 is 14.4 Å². The highest BCUT2D eigenvalue weighted by atomic mass is 35.5. The Kier molecular flexibility index (Phi) is 6.31. The molecule has 8 heteroatoms. The van der Waals surface area contributed by atoms with Crippen LogP contribution in [0.15, 0.2) is 29.2 Å². The monoisotopic (exact) mass is 438 g/mol. The summed E-state index contributed by atoms with van der Waals surface area (Å²) in [5.74, 6) is 1.15. The van der Waals surface area contributed by atoms with Gasteiger partial charge in [0.15, 0.2) is 0 Å². The molecular formula is C21H27ClN2O4S. The van der Waals surface area contributed by atoms with Crippen molar-refractivity contribution in [2.75, 3.05) is 32.0 Å². The van der Waals surface area contributed by atoms with Gasteiger partial charge in [0.1, 0.15) is 17.6 Å². The Bertz CT molecular complexity index is 1020. The smallest absolute Gasteiger partial charge is 0.262 e. The molecule has 29 heavy (non-hydrogen) atoms. The van der Waals surface area contributed by atoms with Gasteiger partial charge in [-0.05, 0) is 69.1 Å². The highest BCUT2D eigenvalue weighted by Gasteiger charge is 2.25. The molecule has 1 fully saturated rings. The lowest BCUT2D eigenvalue weighted by molar-refractivity contribution is 0.208. The Morgan fingerprint density at radius 2 is 1.86 bits per heavy atom. The minimum absolute atomic E-state index is 0.0399. The number of ether oxygens (including phenoxy) is 2. The van der Waals surface area contributed by atoms with Crippen molar-refractivity contribution in [2.24, 2.45) is 0 Å². The molecule has 2 aromatic rings. The fourth-order valence-corrected chi connectivity index (χ4v) is 5.42. The van der Waals surface area contributed by atoms with Crippen LogP contribution in [0.4, 0.5) is 5.69 Å². The third-order valence-electron chi connectivity index (χ3n) is 5.29. The van der Waals surface area contributed by atoms with Crippen molar-refractivity contribution in [2.45, 2.75) is 38.2 Å². The molecule has 1 aliphatic rings. The highest BCUT2D eigenvalue weighted by Crippen LogP contribution is 2.34. The van der Waals surface area contributed by atoms with Gasteiger partial charge in [0.25, 0.3) is 10.0 Å². The van der Waals surface area contributed by atoms with Crippen LogP contribution in [0.5, 0.6) is 11.5 Å². The molecule has 0 amide bonds. The summed E-state index contributed by atoms with van der Waals surface area (Å²) in [7, 11) is -0.187. The first kappa shape index (κ1) is 21.7. The van der Waals surface area contributed by atoms with E-state index in [1.54, 1.807) is 45.2 Å². The van der Waals surface area contributed by atoms with Crippen LogP contribution in [0.3, 0.4) is 0 Å². The zero-order valence-electron chi connectivity index (χ0n) is 17.4. The van der Waals surface area contributed by atoms with Crippen LogP contribution in [0.1, 0.15) is 23.1 Å². The third-order valence-corrected chi connectivity index (χ3v) is 7.27. The average molecular weight is 439 g/mol. The summed E-state index contributed by atoms with van der Waals surface area (Å²) in [5, 5.41) is 0.454. The van der Waals surface area contributed by atoms with Crippen molar-refractivity contribution in [1.29, 1.82) is 0 Å². The van der Waals surface area contributed by atoms with Gasteiger partial charge in [-0.1, -0.05) is 11.6 Å². The number of anilines is 1. The summed E-state index contributed by atoms with van der Waals surface area (Å²) < 4.78 is 40.3. The van der Waals surface area contributed by atoms with Gasteiger partial charge in [0, 0.05) is 19.2 Å². The number of hydrogen-bond donors (Lipinski definition) is 1. The number of nitrogens with one attached hydrogen (secondary N) is 1. The molecule has 0 aromatic heterocycles. The van der Waals surface area contributed by atoms with E-state index in [1.165, 1.54) is 0 Å². The normalized spacial score (nSPS) is 17.4. The molecule has 0 radical (unpaired) electrons. The van der Waals surface area contributed by atoms with Crippen molar-refractivity contribution in [3.05, 3.63) is 46.0 Å². The first-order chi connectivity index (χ1) is 13.6. The van der Waals surface area contributed by atoms with E-state index in [1.807, 2.05) is 14.0 Å². The largest absolute Gasteiger partial charge is 0.496 e. The quantitative estimate of drug-likeness (QED) is 0.733. The fourth-order valence-electron chi connectivity index (χ4n) is 3.68. The maximum absolute atomic E-state index is 13.1. The molecule has 1 N–H and O–H groups in total. The van der Waals surface area contributed by atoms with E-state index in [9.17, 15) is 8.42 Å². The molecule has 1 atom stereocenters. The van der Waals surface area contributed by atoms with E-state index in [0.29, 0.717) is 33.3 Å². The third kappa shape index (κ3) is 4.63. The number of benzene rings is 2. The number of rotatable bonds is 6. The van der Waals surface area contributed by atoms with Crippen LogP contribution in [-0.2, 0) is 10.0 Å². The predicted octanol–water partition coefficient (Wildman–Crippen LogP) is 4.16. The summed E-state index contributed by atoms with van der Waals surface area (Å²) in [6.45, 7) is 7.17. The maximum Gasteiger partial charge on any atom is 0.262 e. The van der Waals surface area contributed by atoms with Gasteiger partial charge in [-0.25, -0.2) is 8.42 Å². The van der Waals surface area contributed by atoms with Gasteiger partial charge in [0.2, 0.25) is 0 Å². The summed E-state index contributed by atoms with van der Waals surface area (Å²) in [6.07, 6.45) is 0.949. The summed E-state index contributed by atoms with van der Waals surface area (Å²) in [5.41, 5.74) is 2.48. The number of aryl methyl sites for hydroxylation is 1. The van der Waals surface area contributed by atoms with Crippen molar-refractivity contribution in [3.63, 3.8) is 0 Å². The molecule has 0 aliphatic carbocycles. The van der Waals surface area contributed by atoms with E-state index < -0.39 is 10.0 Å². The van der Waals surface area contributed by atoms with Crippen LogP contribution < -0.4 is 14.2 Å². The highest BCUT2D eigenvalue weighted by molar-refractivity contribution is 7.92. The van der Waals surface area contributed by atoms with Crippen LogP contribution >= 0.6 is 11.6 Å². The van der Waals surface area contributed by atoms with Crippen molar-refractivity contribution < 1.29 is 17.9 Å². The second-order valence-corrected chi connectivity index (χ2v) is 9.54. The van der Waals surface area contributed by atoms with Gasteiger partial charge >= 0.3 is 0 Å². The van der Waals surface area contributed by atoms with Crippen molar-refractivity contribution in [3.8, 4) is 11.5 Å². The fraction of sp³-hybridized carbons (Fsp3) is 0.429. The molecular weight excluding hydrogens is 412 g/mol. The lowest BCUT2D eigenvalue weighted by Crippen LogP contribution is -2.21. The van der Waals surface area contributed by atoms with Gasteiger partial charge in [-0.15, -0.1) is 0 Å². The second-order valence-electron chi connectivity index (χ2n) is 7.52. The van der Waals surface area contributed by atoms with E-state index in [-0.39, 0.29) is 11.0 Å². The Morgan fingerprint density at radius 1 is 1.14 bits per heavy atom. The Labute approximate surface area is 177 Å². The van der Waals surface area contributed by atoms with Crippen LogP contribution in [0.2, 0.25) is 5.02 Å². The number of nitrogens with zero attached hydrogens (tertiary/aromatic N) is 1. The minimum atomic E-state index is -3.80. The van der Waals surface area contributed by atoms with Gasteiger partial charge in [-0.3, -0.25) is 4.72 Å². The molecule has 158 valence electrons. The maximum atomic E-state index is 13.1. The van der Waals surface area contributed by atoms with E-state index >= 15 is 0 Å². The number of methoxy groups -OCH3 is 1. The van der Waals surface area contributed by atoms with Crippen LogP contribution in [0, 0.1) is 20.8 Å². The first-order valence-electron chi connectivity index (χ1n) is 9.44. The minimum Gasteiger partial charge on any atom is -0.496 e. The Hall–Kier alpha value is -1.96. The standard InChI is InChI=1S/C21H27ClN2O4S/c1-13-10-19(27-5)14(2)15(3)21(13)29(25,26)23-16-6-7-18(22)20(11-16)28-17-8-9-24(4)12-17/h6-7,10-11,17,23H,8-9,12H2,1-5H3. The van der Waals surface area contributed by atoms with Gasteiger partial charge in [-0.2, -0.15) is 0 Å². The Morgan fingerprint density at radius 3 is 2.48 bits per heavy atom. The second kappa shape index (κ2) is 8.42. The molecule has 0 bridgehead atoms. The van der Waals surface area contributed by atoms with Gasteiger partial charge in [0.05, 0.1) is 22.7 Å². The predicted molar refractivity (Wildman–Crippen MR) is 116 cm³/mol. The summed E-state index contributed by atoms with van der Waals surface area (Å²) >= 11 is 6.27. The molecule has 2 aromatic carbocycles. The first-order valence-corrected chi connectivity index (χ1v) is 11.3. The average Bonchev–Trinajstić information content (AvgIpc) is 3.05. The molecule has 1 unspecified atom stereocenters. The Balaban J connectivity index is 1.90. The number of likely N-dealkylation sites (tertiary alicyclic amines) is 1. The molecule has 6 nitrogen and oxygen atoms in total. The molecule has 0 saturated carbocycles. The van der Waals surface area contributed by atoms with Crippen LogP contribution in [0.25, 0.3) is 0 Å². The lowest BCUT2D eigenvalue weighted by atomic mass is 10.1. The van der Waals surface area contributed by atoms with E-state index in [4.69, 9.17) is 21.1 Å². The van der Waals surface area contributed by atoms with Crippen molar-refractivity contribution in [1.82, 2.24) is 4.90 Å². The molecule has 1 heterocycles. The zero-order chi connectivity index (χ0) is 21.3. The van der Waals surface area contributed by atoms with Crippen LogP contribution in [-0.4, -0.2) is 46.7 Å². The topological polar surface area (TPSA) is 67.9 Å². The molecule has 1 aliphatic heterocycles. The lowest BCUT2D eigenvalue weighted by Gasteiger charge is -2.18. The molecule has 0 spiro atoms. The SMILES string of the molecule is COc1cc(C)c(S(=O)(=O)Nc2ccc(Cl)c(OC3CCN(C)C3)c2)c(C)c1C. The number of sulfonamides is 1. The zero-order valence-corrected chi connectivity index (χ0v) is 18.9. The summed E-state index contributed by atoms with van der Waals surface area (Å²) in [4.78, 5) is 2.44. The molecule has 3 rings (SSSR count). The van der Waals surface area contributed by atoms with E-state index in [0.717, 1.165) is 25.1 Å². The number of likely N-dealkylation sites (N-methyl/N-ethyl adjacent to an activating group) is 1. The number of hydrogen-bond acceptors (Lipinski definition) is 5. The number of halogens is 1. The summed E-state index contributed by atoms with van der Waals surface area (Å²) in [6, 6.07) is 6.66. The molecule has 1 saturated heterocycles. The van der Waals surface area contributed by atoms with Crippen molar-refractivity contribution >= 4 is 27.3 Å².